The molecule has 0 spiro atoms. The third-order valence-electron chi connectivity index (χ3n) is 2.98. The average Bonchev–Trinajstić information content (AvgIpc) is 3.07. The number of amides is 1. The fraction of sp³-hybridized carbons (Fsp3) is 0.417. The van der Waals surface area contributed by atoms with E-state index >= 15 is 0 Å². The second-order valence-corrected chi connectivity index (χ2v) is 6.02. The maximum atomic E-state index is 11.9. The molecule has 1 aromatic carbocycles. The highest BCUT2D eigenvalue weighted by atomic mass is 127. The van der Waals surface area contributed by atoms with Gasteiger partial charge in [-0.25, -0.2) is 0 Å². The molecule has 86 valence electrons. The molecule has 2 rings (SSSR count). The van der Waals surface area contributed by atoms with Crippen molar-refractivity contribution in [2.45, 2.75) is 12.8 Å². The monoisotopic (exact) mass is 393 g/mol. The Bertz CT molecular complexity index is 404. The molecule has 0 aliphatic heterocycles. The molecule has 0 heterocycles. The fourth-order valence-corrected chi connectivity index (χ4v) is 2.93. The Labute approximate surface area is 117 Å². The van der Waals surface area contributed by atoms with Crippen LogP contribution in [0.2, 0.25) is 0 Å². The summed E-state index contributed by atoms with van der Waals surface area (Å²) in [6.45, 7) is 0.780. The molecule has 0 bridgehead atoms. The largest absolute Gasteiger partial charge is 0.351 e. The Morgan fingerprint density at radius 3 is 2.69 bits per heavy atom. The van der Waals surface area contributed by atoms with Crippen molar-refractivity contribution in [2.24, 2.45) is 5.41 Å². The molecule has 0 saturated heterocycles. The van der Waals surface area contributed by atoms with Crippen LogP contribution in [-0.4, -0.2) is 17.8 Å². The van der Waals surface area contributed by atoms with Gasteiger partial charge in [0, 0.05) is 15.4 Å². The van der Waals surface area contributed by atoms with E-state index in [1.807, 2.05) is 24.3 Å². The molecule has 4 heteroatoms. The van der Waals surface area contributed by atoms with Gasteiger partial charge < -0.3 is 5.32 Å². The third kappa shape index (κ3) is 2.77. The molecule has 0 atom stereocenters. The molecule has 0 unspecified atom stereocenters. The minimum Gasteiger partial charge on any atom is -0.351 e. The normalized spacial score (nSPS) is 16.9. The van der Waals surface area contributed by atoms with E-state index in [0.29, 0.717) is 5.41 Å². The van der Waals surface area contributed by atoms with E-state index in [1.54, 1.807) is 0 Å². The van der Waals surface area contributed by atoms with Crippen LogP contribution in [-0.2, 0) is 0 Å². The molecule has 2 nitrogen and oxygen atoms in total. The minimum atomic E-state index is 0.0391. The number of alkyl halides is 1. The van der Waals surface area contributed by atoms with E-state index < -0.39 is 0 Å². The molecular weight excluding hydrogens is 381 g/mol. The van der Waals surface area contributed by atoms with Crippen molar-refractivity contribution in [1.29, 1.82) is 0 Å². The van der Waals surface area contributed by atoms with Crippen LogP contribution in [0.25, 0.3) is 0 Å². The van der Waals surface area contributed by atoms with Gasteiger partial charge in [0.2, 0.25) is 0 Å². The number of hydrogen-bond donors (Lipinski definition) is 1. The predicted octanol–water partition coefficient (Wildman–Crippen LogP) is 3.20. The van der Waals surface area contributed by atoms with E-state index in [9.17, 15) is 4.79 Å². The summed E-state index contributed by atoms with van der Waals surface area (Å²) in [6.07, 6.45) is 2.43. The number of carbonyl (C=O) groups is 1. The van der Waals surface area contributed by atoms with Crippen LogP contribution in [0.5, 0.6) is 0 Å². The van der Waals surface area contributed by atoms with E-state index in [4.69, 9.17) is 0 Å². The first kappa shape index (κ1) is 12.4. The first-order chi connectivity index (χ1) is 7.67. The van der Waals surface area contributed by atoms with E-state index in [1.165, 1.54) is 12.8 Å². The number of benzene rings is 1. The van der Waals surface area contributed by atoms with Crippen LogP contribution in [0.15, 0.2) is 24.3 Å². The van der Waals surface area contributed by atoms with Crippen molar-refractivity contribution >= 4 is 44.4 Å². The lowest BCUT2D eigenvalue weighted by Gasteiger charge is -2.13. The predicted molar refractivity (Wildman–Crippen MR) is 77.0 cm³/mol. The maximum absolute atomic E-state index is 11.9. The number of hydrogen-bond acceptors (Lipinski definition) is 1. The quantitative estimate of drug-likeness (QED) is 0.617. The van der Waals surface area contributed by atoms with Gasteiger partial charge in [-0.1, -0.05) is 28.1 Å². The Morgan fingerprint density at radius 2 is 2.12 bits per heavy atom. The van der Waals surface area contributed by atoms with Crippen LogP contribution >= 0.6 is 38.5 Å². The van der Waals surface area contributed by atoms with Crippen LogP contribution in [0.1, 0.15) is 23.2 Å². The van der Waals surface area contributed by atoms with Crippen molar-refractivity contribution in [3.05, 3.63) is 33.4 Å². The topological polar surface area (TPSA) is 29.1 Å². The molecule has 1 saturated carbocycles. The summed E-state index contributed by atoms with van der Waals surface area (Å²) < 4.78 is 1.00. The summed E-state index contributed by atoms with van der Waals surface area (Å²) in [5, 5.41) is 4.00. The van der Waals surface area contributed by atoms with Crippen molar-refractivity contribution < 1.29 is 4.79 Å². The highest BCUT2D eigenvalue weighted by Crippen LogP contribution is 2.46. The molecule has 0 aromatic heterocycles. The van der Waals surface area contributed by atoms with Crippen molar-refractivity contribution in [3.8, 4) is 0 Å². The molecule has 1 amide bonds. The molecule has 1 aliphatic carbocycles. The molecule has 1 aliphatic rings. The zero-order chi connectivity index (χ0) is 11.6. The zero-order valence-corrected chi connectivity index (χ0v) is 12.5. The van der Waals surface area contributed by atoms with Crippen LogP contribution in [0, 0.1) is 8.99 Å². The first-order valence-corrected chi connectivity index (χ1v) is 7.46. The highest BCUT2D eigenvalue weighted by molar-refractivity contribution is 14.1. The molecule has 16 heavy (non-hydrogen) atoms. The molecule has 1 fully saturated rings. The second kappa shape index (κ2) is 5.04. The van der Waals surface area contributed by atoms with Gasteiger partial charge in [-0.3, -0.25) is 4.79 Å². The van der Waals surface area contributed by atoms with E-state index in [-0.39, 0.29) is 5.91 Å². The summed E-state index contributed by atoms with van der Waals surface area (Å²) in [5.41, 5.74) is 1.10. The minimum absolute atomic E-state index is 0.0391. The van der Waals surface area contributed by atoms with Crippen LogP contribution in [0.3, 0.4) is 0 Å². The summed E-state index contributed by atoms with van der Waals surface area (Å²) in [7, 11) is 0. The van der Waals surface area contributed by atoms with Gasteiger partial charge >= 0.3 is 0 Å². The van der Waals surface area contributed by atoms with Gasteiger partial charge in [-0.15, -0.1) is 0 Å². The lowest BCUT2D eigenvalue weighted by atomic mass is 10.1. The van der Waals surface area contributed by atoms with Gasteiger partial charge in [-0.05, 0) is 53.0 Å². The van der Waals surface area contributed by atoms with Gasteiger partial charge in [0.25, 0.3) is 5.91 Å². The number of halogens is 2. The Balaban J connectivity index is 1.96. The van der Waals surface area contributed by atoms with Gasteiger partial charge in [0.1, 0.15) is 0 Å². The molecular formula is C12H13BrINO. The number of nitrogens with one attached hydrogen (secondary N) is 1. The number of rotatable bonds is 4. The van der Waals surface area contributed by atoms with E-state index in [2.05, 4.69) is 43.8 Å². The lowest BCUT2D eigenvalue weighted by Crippen LogP contribution is -2.31. The summed E-state index contributed by atoms with van der Waals surface area (Å²) >= 11 is 5.69. The van der Waals surface area contributed by atoms with Gasteiger partial charge in [-0.2, -0.15) is 0 Å². The third-order valence-corrected chi connectivity index (χ3v) is 5.11. The van der Waals surface area contributed by atoms with Crippen molar-refractivity contribution in [1.82, 2.24) is 5.32 Å². The summed E-state index contributed by atoms with van der Waals surface area (Å²) in [6, 6.07) is 7.66. The highest BCUT2D eigenvalue weighted by Gasteiger charge is 2.41. The second-order valence-electron chi connectivity index (χ2n) is 4.30. The van der Waals surface area contributed by atoms with Crippen molar-refractivity contribution in [3.63, 3.8) is 0 Å². The van der Waals surface area contributed by atoms with Gasteiger partial charge in [0.05, 0.1) is 5.56 Å². The molecule has 0 radical (unpaired) electrons. The van der Waals surface area contributed by atoms with Crippen LogP contribution in [0.4, 0.5) is 0 Å². The lowest BCUT2D eigenvalue weighted by molar-refractivity contribution is 0.0945. The standard InChI is InChI=1S/C12H13BrINO/c13-7-12(5-6-12)8-15-11(16)9-3-1-2-4-10(9)14/h1-4H,5-8H2,(H,15,16). The smallest absolute Gasteiger partial charge is 0.252 e. The Hall–Kier alpha value is -0.100. The maximum Gasteiger partial charge on any atom is 0.252 e. The van der Waals surface area contributed by atoms with Crippen LogP contribution < -0.4 is 5.32 Å². The Morgan fingerprint density at radius 1 is 1.44 bits per heavy atom. The molecule has 1 N–H and O–H groups in total. The fourth-order valence-electron chi connectivity index (χ4n) is 1.54. The summed E-state index contributed by atoms with van der Waals surface area (Å²) in [5.74, 6) is 0.0391. The first-order valence-electron chi connectivity index (χ1n) is 5.26. The average molecular weight is 394 g/mol. The zero-order valence-electron chi connectivity index (χ0n) is 8.80. The summed E-state index contributed by atoms with van der Waals surface area (Å²) in [4.78, 5) is 11.9. The molecule has 1 aromatic rings. The van der Waals surface area contributed by atoms with Gasteiger partial charge in [0.15, 0.2) is 0 Å². The van der Waals surface area contributed by atoms with Crippen molar-refractivity contribution in [2.75, 3.05) is 11.9 Å². The van der Waals surface area contributed by atoms with E-state index in [0.717, 1.165) is 21.0 Å². The SMILES string of the molecule is O=C(NCC1(CBr)CC1)c1ccccc1I. The number of carbonyl (C=O) groups excluding carboxylic acids is 1. The Kier molecular flexibility index (Phi) is 3.89.